The molecule has 4 heteroatoms. The highest BCUT2D eigenvalue weighted by Crippen LogP contribution is 2.10. The third kappa shape index (κ3) is 3.60. The second-order valence-corrected chi connectivity index (χ2v) is 3.80. The maximum atomic E-state index is 11.9. The van der Waals surface area contributed by atoms with E-state index >= 15 is 0 Å². The first-order valence-electron chi connectivity index (χ1n) is 5.74. The van der Waals surface area contributed by atoms with Crippen molar-refractivity contribution >= 4 is 6.09 Å². The Labute approximate surface area is 101 Å². The number of ether oxygens (including phenoxy) is 1. The molecule has 1 heterocycles. The zero-order valence-electron chi connectivity index (χ0n) is 9.63. The average molecular weight is 232 g/mol. The van der Waals surface area contributed by atoms with Crippen LogP contribution in [0.15, 0.2) is 42.5 Å². The van der Waals surface area contributed by atoms with E-state index in [9.17, 15) is 4.79 Å². The lowest BCUT2D eigenvalue weighted by atomic mass is 10.3. The SMILES string of the molecule is O=C(Oc1ccccc1)N1C/C=C\CNCC1. The zero-order valence-corrected chi connectivity index (χ0v) is 9.63. The van der Waals surface area contributed by atoms with Crippen LogP contribution in [0.4, 0.5) is 4.79 Å². The Morgan fingerprint density at radius 3 is 2.88 bits per heavy atom. The van der Waals surface area contributed by atoms with E-state index in [1.54, 1.807) is 17.0 Å². The van der Waals surface area contributed by atoms with E-state index in [4.69, 9.17) is 4.74 Å². The minimum absolute atomic E-state index is 0.301. The van der Waals surface area contributed by atoms with E-state index in [-0.39, 0.29) is 6.09 Å². The van der Waals surface area contributed by atoms with E-state index in [0.29, 0.717) is 18.8 Å². The number of amides is 1. The van der Waals surface area contributed by atoms with Crippen molar-refractivity contribution in [1.82, 2.24) is 10.2 Å². The lowest BCUT2D eigenvalue weighted by Gasteiger charge is -2.22. The molecule has 0 saturated carbocycles. The van der Waals surface area contributed by atoms with Gasteiger partial charge in [0.25, 0.3) is 0 Å². The number of carbonyl (C=O) groups excluding carboxylic acids is 1. The van der Waals surface area contributed by atoms with E-state index in [1.807, 2.05) is 30.4 Å². The molecule has 1 aliphatic rings. The van der Waals surface area contributed by atoms with Gasteiger partial charge in [-0.15, -0.1) is 0 Å². The predicted octanol–water partition coefficient (Wildman–Crippen LogP) is 1.65. The lowest BCUT2D eigenvalue weighted by molar-refractivity contribution is 0.157. The second-order valence-electron chi connectivity index (χ2n) is 3.80. The van der Waals surface area contributed by atoms with Crippen LogP contribution in [0.1, 0.15) is 0 Å². The topological polar surface area (TPSA) is 41.6 Å². The Bertz CT molecular complexity index is 390. The van der Waals surface area contributed by atoms with Gasteiger partial charge in [0, 0.05) is 26.2 Å². The van der Waals surface area contributed by atoms with Crippen LogP contribution in [0.3, 0.4) is 0 Å². The van der Waals surface area contributed by atoms with Gasteiger partial charge >= 0.3 is 6.09 Å². The summed E-state index contributed by atoms with van der Waals surface area (Å²) in [6, 6.07) is 9.13. The van der Waals surface area contributed by atoms with Crippen LogP contribution in [-0.4, -0.2) is 37.2 Å². The van der Waals surface area contributed by atoms with Crippen LogP contribution in [-0.2, 0) is 0 Å². The van der Waals surface area contributed by atoms with E-state index in [2.05, 4.69) is 5.32 Å². The van der Waals surface area contributed by atoms with Crippen molar-refractivity contribution in [2.45, 2.75) is 0 Å². The van der Waals surface area contributed by atoms with Gasteiger partial charge in [0.15, 0.2) is 0 Å². The molecule has 0 aliphatic carbocycles. The molecule has 0 fully saturated rings. The first-order valence-corrected chi connectivity index (χ1v) is 5.74. The molecule has 2 rings (SSSR count). The van der Waals surface area contributed by atoms with Crippen LogP contribution in [0.25, 0.3) is 0 Å². The molecule has 1 aromatic carbocycles. The lowest BCUT2D eigenvalue weighted by Crippen LogP contribution is -2.40. The minimum atomic E-state index is -0.301. The molecule has 0 spiro atoms. The molecule has 1 aromatic rings. The molecule has 1 N–H and O–H groups in total. The van der Waals surface area contributed by atoms with Crippen LogP contribution in [0, 0.1) is 0 Å². The molecule has 1 amide bonds. The summed E-state index contributed by atoms with van der Waals surface area (Å²) in [5.74, 6) is 0.580. The van der Waals surface area contributed by atoms with Gasteiger partial charge in [-0.25, -0.2) is 4.79 Å². The number of para-hydroxylation sites is 1. The van der Waals surface area contributed by atoms with E-state index in [0.717, 1.165) is 13.1 Å². The van der Waals surface area contributed by atoms with Crippen LogP contribution in [0.5, 0.6) is 5.75 Å². The molecule has 1 aliphatic heterocycles. The summed E-state index contributed by atoms with van der Waals surface area (Å²) in [5.41, 5.74) is 0. The standard InChI is InChI=1S/C13H16N2O2/c16-13(17-12-6-2-1-3-7-12)15-10-5-4-8-14-9-11-15/h1-7,14H,8-11H2/b5-4-. The number of rotatable bonds is 1. The summed E-state index contributed by atoms with van der Waals surface area (Å²) < 4.78 is 5.28. The summed E-state index contributed by atoms with van der Waals surface area (Å²) in [6.07, 6.45) is 3.69. The monoisotopic (exact) mass is 232 g/mol. The largest absolute Gasteiger partial charge is 0.415 e. The Morgan fingerprint density at radius 1 is 1.24 bits per heavy atom. The minimum Gasteiger partial charge on any atom is -0.410 e. The number of hydrogen-bond acceptors (Lipinski definition) is 3. The third-order valence-electron chi connectivity index (χ3n) is 2.52. The van der Waals surface area contributed by atoms with Crippen molar-refractivity contribution in [1.29, 1.82) is 0 Å². The fourth-order valence-electron chi connectivity index (χ4n) is 1.60. The normalized spacial score (nSPS) is 18.0. The molecule has 17 heavy (non-hydrogen) atoms. The maximum Gasteiger partial charge on any atom is 0.415 e. The molecule has 0 unspecified atom stereocenters. The molecule has 0 atom stereocenters. The van der Waals surface area contributed by atoms with Crippen LogP contribution in [0.2, 0.25) is 0 Å². The highest BCUT2D eigenvalue weighted by molar-refractivity contribution is 5.70. The summed E-state index contributed by atoms with van der Waals surface area (Å²) in [6.45, 7) is 2.92. The van der Waals surface area contributed by atoms with Crippen molar-refractivity contribution in [2.24, 2.45) is 0 Å². The Morgan fingerprint density at radius 2 is 2.06 bits per heavy atom. The van der Waals surface area contributed by atoms with Crippen molar-refractivity contribution < 1.29 is 9.53 Å². The zero-order chi connectivity index (χ0) is 11.9. The molecular formula is C13H16N2O2. The van der Waals surface area contributed by atoms with Crippen molar-refractivity contribution in [3.05, 3.63) is 42.5 Å². The average Bonchev–Trinajstić information content (AvgIpc) is 2.29. The fourth-order valence-corrected chi connectivity index (χ4v) is 1.60. The molecule has 0 aromatic heterocycles. The molecule has 90 valence electrons. The van der Waals surface area contributed by atoms with Gasteiger partial charge < -0.3 is 15.0 Å². The van der Waals surface area contributed by atoms with Gasteiger partial charge in [0.05, 0.1) is 0 Å². The number of nitrogens with one attached hydrogen (secondary N) is 1. The summed E-state index contributed by atoms with van der Waals surface area (Å²) in [4.78, 5) is 13.6. The van der Waals surface area contributed by atoms with Gasteiger partial charge in [-0.05, 0) is 12.1 Å². The number of benzene rings is 1. The van der Waals surface area contributed by atoms with Gasteiger partial charge in [0.1, 0.15) is 5.75 Å². The first-order chi connectivity index (χ1) is 8.36. The highest BCUT2D eigenvalue weighted by Gasteiger charge is 2.14. The van der Waals surface area contributed by atoms with E-state index in [1.165, 1.54) is 0 Å². The van der Waals surface area contributed by atoms with Gasteiger partial charge in [0.2, 0.25) is 0 Å². The Hall–Kier alpha value is -1.81. The van der Waals surface area contributed by atoms with Gasteiger partial charge in [-0.1, -0.05) is 30.4 Å². The second kappa shape index (κ2) is 6.06. The van der Waals surface area contributed by atoms with Gasteiger partial charge in [-0.3, -0.25) is 0 Å². The third-order valence-corrected chi connectivity index (χ3v) is 2.52. The number of carbonyl (C=O) groups is 1. The molecule has 0 radical (unpaired) electrons. The Balaban J connectivity index is 1.94. The highest BCUT2D eigenvalue weighted by atomic mass is 16.6. The Kier molecular flexibility index (Phi) is 4.16. The van der Waals surface area contributed by atoms with Gasteiger partial charge in [-0.2, -0.15) is 0 Å². The van der Waals surface area contributed by atoms with Crippen LogP contribution >= 0.6 is 0 Å². The predicted molar refractivity (Wildman–Crippen MR) is 66.0 cm³/mol. The van der Waals surface area contributed by atoms with E-state index < -0.39 is 0 Å². The molecule has 0 saturated heterocycles. The van der Waals surface area contributed by atoms with Crippen molar-refractivity contribution in [3.63, 3.8) is 0 Å². The smallest absolute Gasteiger partial charge is 0.410 e. The molecule has 0 bridgehead atoms. The molecular weight excluding hydrogens is 216 g/mol. The first kappa shape index (κ1) is 11.7. The summed E-state index contributed by atoms with van der Waals surface area (Å²) >= 11 is 0. The maximum absolute atomic E-state index is 11.9. The number of hydrogen-bond donors (Lipinski definition) is 1. The fraction of sp³-hybridized carbons (Fsp3) is 0.308. The van der Waals surface area contributed by atoms with Crippen LogP contribution < -0.4 is 10.1 Å². The van der Waals surface area contributed by atoms with Crippen molar-refractivity contribution in [2.75, 3.05) is 26.2 Å². The summed E-state index contributed by atoms with van der Waals surface area (Å²) in [5, 5.41) is 3.20. The number of nitrogens with zero attached hydrogens (tertiary/aromatic N) is 1. The summed E-state index contributed by atoms with van der Waals surface area (Å²) in [7, 11) is 0. The molecule has 4 nitrogen and oxygen atoms in total. The van der Waals surface area contributed by atoms with Crippen molar-refractivity contribution in [3.8, 4) is 5.75 Å². The quantitative estimate of drug-likeness (QED) is 0.748.